The van der Waals surface area contributed by atoms with Gasteiger partial charge in [-0.2, -0.15) is 4.73 Å². The number of hydroxylamine groups is 1. The van der Waals surface area contributed by atoms with E-state index in [4.69, 9.17) is 4.53 Å². The molecule has 1 saturated heterocycles. The summed E-state index contributed by atoms with van der Waals surface area (Å²) < 4.78 is 7.80. The molecule has 1 aliphatic rings. The van der Waals surface area contributed by atoms with E-state index in [0.29, 0.717) is 5.54 Å². The van der Waals surface area contributed by atoms with E-state index in [1.807, 2.05) is 0 Å². The Morgan fingerprint density at radius 3 is 1.50 bits per heavy atom. The quantitative estimate of drug-likeness (QED) is 0.200. The van der Waals surface area contributed by atoms with E-state index in [0.717, 1.165) is 0 Å². The number of hydrogen-bond donors (Lipinski definition) is 0. The van der Waals surface area contributed by atoms with Gasteiger partial charge in [-0.1, -0.05) is 97.3 Å². The monoisotopic (exact) mass is 327 g/mol. The van der Waals surface area contributed by atoms with E-state index >= 15 is 0 Å². The summed E-state index contributed by atoms with van der Waals surface area (Å²) in [6.45, 7) is 6.98. The second-order valence-corrected chi connectivity index (χ2v) is 8.57. The fourth-order valence-corrected chi connectivity index (χ4v) is 4.40. The number of nitrogens with zero attached hydrogens (tertiary/aromatic N) is 1. The molecule has 0 N–H and O–H groups in total. The molecule has 1 heterocycles. The molecule has 0 saturated carbocycles. The van der Waals surface area contributed by atoms with Gasteiger partial charge in [0.1, 0.15) is 0 Å². The van der Waals surface area contributed by atoms with Crippen LogP contribution in [-0.4, -0.2) is 20.2 Å². The maximum Gasteiger partial charge on any atom is 0.287 e. The van der Waals surface area contributed by atoms with E-state index in [1.54, 1.807) is 0 Å². The highest BCUT2D eigenvalue weighted by Gasteiger charge is 2.38. The second kappa shape index (κ2) is 12.5. The van der Waals surface area contributed by atoms with Gasteiger partial charge >= 0.3 is 0 Å². The van der Waals surface area contributed by atoms with Crippen molar-refractivity contribution in [3.05, 3.63) is 0 Å². The first-order valence-electron chi connectivity index (χ1n) is 10.1. The van der Waals surface area contributed by atoms with Crippen molar-refractivity contribution in [3.63, 3.8) is 0 Å². The summed E-state index contributed by atoms with van der Waals surface area (Å²) in [7, 11) is -0.264. The van der Waals surface area contributed by atoms with Gasteiger partial charge in [-0.25, -0.2) is 0 Å². The first kappa shape index (κ1) is 20.2. The predicted octanol–water partition coefficient (Wildman–Crippen LogP) is 5.88. The molecular formula is C19H41NOSi. The third-order valence-corrected chi connectivity index (χ3v) is 6.72. The van der Waals surface area contributed by atoms with Gasteiger partial charge in [0.2, 0.25) is 0 Å². The maximum absolute atomic E-state index is 5.50. The Morgan fingerprint density at radius 2 is 1.14 bits per heavy atom. The summed E-state index contributed by atoms with van der Waals surface area (Å²) in [5.41, 5.74) is 0.365. The lowest BCUT2D eigenvalue weighted by atomic mass is 9.92. The maximum atomic E-state index is 5.50. The average Bonchev–Trinajstić information content (AvgIpc) is 3.37. The topological polar surface area (TPSA) is 15.5 Å². The van der Waals surface area contributed by atoms with E-state index < -0.39 is 0 Å². The molecule has 0 aromatic heterocycles. The van der Waals surface area contributed by atoms with Gasteiger partial charge in [-0.15, -0.1) is 0 Å². The van der Waals surface area contributed by atoms with E-state index in [1.165, 1.54) is 96.3 Å². The van der Waals surface area contributed by atoms with E-state index in [9.17, 15) is 0 Å². The van der Waals surface area contributed by atoms with Gasteiger partial charge in [-0.3, -0.25) is 0 Å². The third kappa shape index (κ3) is 9.31. The zero-order chi connectivity index (χ0) is 16.1. The van der Waals surface area contributed by atoms with Crippen LogP contribution in [0.3, 0.4) is 0 Å². The Labute approximate surface area is 142 Å². The molecule has 0 aromatic carbocycles. The highest BCUT2D eigenvalue weighted by molar-refractivity contribution is 6.31. The minimum absolute atomic E-state index is 0.264. The number of hydrogen-bond acceptors (Lipinski definition) is 2. The van der Waals surface area contributed by atoms with Crippen molar-refractivity contribution in [3.8, 4) is 0 Å². The van der Waals surface area contributed by atoms with Gasteiger partial charge < -0.3 is 4.53 Å². The molecular weight excluding hydrogens is 286 g/mol. The molecule has 0 aromatic rings. The molecule has 0 radical (unpaired) electrons. The molecule has 2 atom stereocenters. The molecule has 132 valence electrons. The van der Waals surface area contributed by atoms with Crippen LogP contribution in [0.5, 0.6) is 0 Å². The predicted molar refractivity (Wildman–Crippen MR) is 100 cm³/mol. The van der Waals surface area contributed by atoms with Crippen LogP contribution in [0.15, 0.2) is 0 Å². The van der Waals surface area contributed by atoms with Crippen LogP contribution in [0.1, 0.15) is 117 Å². The molecule has 2 unspecified atom stereocenters. The fraction of sp³-hybridized carbons (Fsp3) is 1.00. The summed E-state index contributed by atoms with van der Waals surface area (Å²) in [5.74, 6) is 0. The fourth-order valence-electron chi connectivity index (χ4n) is 3.34. The average molecular weight is 328 g/mol. The minimum atomic E-state index is -0.264. The molecule has 1 fully saturated rings. The molecule has 0 spiro atoms. The molecule has 1 rings (SSSR count). The zero-order valence-electron chi connectivity index (χ0n) is 15.7. The van der Waals surface area contributed by atoms with Gasteiger partial charge in [0.25, 0.3) is 9.92 Å². The van der Waals surface area contributed by atoms with Crippen LogP contribution < -0.4 is 0 Å². The van der Waals surface area contributed by atoms with Gasteiger partial charge in [0.05, 0.1) is 0 Å². The lowest BCUT2D eigenvalue weighted by Crippen LogP contribution is -2.33. The second-order valence-electron chi connectivity index (χ2n) is 7.48. The Morgan fingerprint density at radius 1 is 0.727 bits per heavy atom. The molecule has 0 amide bonds. The molecule has 1 aliphatic heterocycles. The van der Waals surface area contributed by atoms with Crippen molar-refractivity contribution in [1.29, 1.82) is 0 Å². The number of unbranched alkanes of at least 4 members (excludes halogenated alkanes) is 12. The van der Waals surface area contributed by atoms with Crippen molar-refractivity contribution in [2.75, 3.05) is 0 Å². The van der Waals surface area contributed by atoms with Crippen LogP contribution in [0.4, 0.5) is 0 Å². The number of rotatable bonds is 16. The SMILES string of the molecule is CCCCCCCCCCCCCCCC(C)(CC)N1O[SiH2]1. The van der Waals surface area contributed by atoms with Crippen molar-refractivity contribution >= 4 is 9.92 Å². The molecule has 0 aliphatic carbocycles. The minimum Gasteiger partial charge on any atom is -0.334 e. The first-order chi connectivity index (χ1) is 10.7. The third-order valence-electron chi connectivity index (χ3n) is 5.44. The highest BCUT2D eigenvalue weighted by Crippen LogP contribution is 2.31. The van der Waals surface area contributed by atoms with Gasteiger partial charge in [0.15, 0.2) is 0 Å². The van der Waals surface area contributed by atoms with E-state index in [-0.39, 0.29) is 9.92 Å². The van der Waals surface area contributed by atoms with Crippen molar-refractivity contribution < 1.29 is 4.53 Å². The van der Waals surface area contributed by atoms with E-state index in [2.05, 4.69) is 25.5 Å². The molecule has 0 bridgehead atoms. The Balaban J connectivity index is 1.78. The molecule has 2 nitrogen and oxygen atoms in total. The summed E-state index contributed by atoms with van der Waals surface area (Å²) in [4.78, 5) is 0. The summed E-state index contributed by atoms with van der Waals surface area (Å²) in [5, 5.41) is 0. The lowest BCUT2D eigenvalue weighted by Gasteiger charge is -2.28. The van der Waals surface area contributed by atoms with Crippen LogP contribution in [0, 0.1) is 0 Å². The van der Waals surface area contributed by atoms with Crippen LogP contribution in [0.25, 0.3) is 0 Å². The van der Waals surface area contributed by atoms with Gasteiger partial charge in [0, 0.05) is 5.54 Å². The van der Waals surface area contributed by atoms with Crippen LogP contribution >= 0.6 is 0 Å². The summed E-state index contributed by atoms with van der Waals surface area (Å²) in [6.07, 6.45) is 21.3. The Kier molecular flexibility index (Phi) is 11.5. The standard InChI is InChI=1S/C19H41NOSi/c1-4-6-7-8-9-10-11-12-13-14-15-16-17-18-19(3,5-2)20-21-22-20/h4-18,22H2,1-3H3. The zero-order valence-corrected chi connectivity index (χ0v) is 17.1. The van der Waals surface area contributed by atoms with Crippen molar-refractivity contribution in [2.24, 2.45) is 0 Å². The Bertz CT molecular complexity index is 258. The largest absolute Gasteiger partial charge is 0.334 e. The van der Waals surface area contributed by atoms with Crippen molar-refractivity contribution in [2.45, 2.75) is 123 Å². The Hall–Kier alpha value is 0.137. The lowest BCUT2D eigenvalue weighted by molar-refractivity contribution is 0.0619. The highest BCUT2D eigenvalue weighted by atomic mass is 28.3. The smallest absolute Gasteiger partial charge is 0.287 e. The summed E-state index contributed by atoms with van der Waals surface area (Å²) >= 11 is 0. The normalized spacial score (nSPS) is 21.1. The van der Waals surface area contributed by atoms with Gasteiger partial charge in [-0.05, 0) is 19.8 Å². The summed E-state index contributed by atoms with van der Waals surface area (Å²) in [6, 6.07) is 0. The van der Waals surface area contributed by atoms with Crippen molar-refractivity contribution in [1.82, 2.24) is 4.73 Å². The molecule has 22 heavy (non-hydrogen) atoms. The molecule has 3 heteroatoms. The first-order valence-corrected chi connectivity index (χ1v) is 11.3. The van der Waals surface area contributed by atoms with Crippen LogP contribution in [-0.2, 0) is 4.53 Å². The van der Waals surface area contributed by atoms with Crippen LogP contribution in [0.2, 0.25) is 0 Å².